The highest BCUT2D eigenvalue weighted by molar-refractivity contribution is 14.1. The number of hydrogen-bond acceptors (Lipinski definition) is 1. The second kappa shape index (κ2) is 5.71. The zero-order chi connectivity index (χ0) is 11.4. The molecule has 0 bridgehead atoms. The van der Waals surface area contributed by atoms with Gasteiger partial charge in [0.25, 0.3) is 0 Å². The first kappa shape index (κ1) is 12.0. The molecule has 1 unspecified atom stereocenters. The molecular weight excluding hydrogens is 309 g/mol. The summed E-state index contributed by atoms with van der Waals surface area (Å²) in [6, 6.07) is 6.58. The maximum atomic E-state index is 3.57. The lowest BCUT2D eigenvalue weighted by atomic mass is 9.94. The van der Waals surface area contributed by atoms with Crippen LogP contribution >= 0.6 is 22.6 Å². The van der Waals surface area contributed by atoms with Crippen molar-refractivity contribution in [3.8, 4) is 0 Å². The number of anilines is 1. The second-order valence-electron chi connectivity index (χ2n) is 4.49. The molecule has 1 aromatic rings. The van der Waals surface area contributed by atoms with Gasteiger partial charge in [0.05, 0.1) is 0 Å². The zero-order valence-electron chi connectivity index (χ0n) is 9.67. The number of rotatable bonds is 3. The summed E-state index contributed by atoms with van der Waals surface area (Å²) in [5.41, 5.74) is 2.63. The Morgan fingerprint density at radius 1 is 1.38 bits per heavy atom. The van der Waals surface area contributed by atoms with E-state index in [4.69, 9.17) is 0 Å². The molecule has 1 aliphatic carbocycles. The van der Waals surface area contributed by atoms with Gasteiger partial charge in [-0.1, -0.05) is 12.2 Å². The Morgan fingerprint density at radius 2 is 2.25 bits per heavy atom. The van der Waals surface area contributed by atoms with Crippen molar-refractivity contribution in [2.45, 2.75) is 26.2 Å². The van der Waals surface area contributed by atoms with E-state index in [-0.39, 0.29) is 0 Å². The van der Waals surface area contributed by atoms with Crippen molar-refractivity contribution >= 4 is 28.3 Å². The summed E-state index contributed by atoms with van der Waals surface area (Å²) < 4.78 is 1.31. The summed E-state index contributed by atoms with van der Waals surface area (Å²) in [5.74, 6) is 0.809. The molecule has 0 amide bonds. The molecule has 0 fully saturated rings. The van der Waals surface area contributed by atoms with Crippen molar-refractivity contribution in [1.29, 1.82) is 0 Å². The van der Waals surface area contributed by atoms with Crippen LogP contribution in [0.5, 0.6) is 0 Å². The number of benzene rings is 1. The molecule has 0 heterocycles. The number of hydrogen-bond donors (Lipinski definition) is 1. The number of halogens is 1. The van der Waals surface area contributed by atoms with E-state index in [1.54, 1.807) is 0 Å². The Kier molecular flexibility index (Phi) is 4.27. The Hall–Kier alpha value is -0.510. The van der Waals surface area contributed by atoms with Crippen molar-refractivity contribution in [2.75, 3.05) is 11.9 Å². The van der Waals surface area contributed by atoms with E-state index in [1.807, 2.05) is 0 Å². The van der Waals surface area contributed by atoms with E-state index in [0.717, 1.165) is 12.5 Å². The molecule has 0 aromatic heterocycles. The summed E-state index contributed by atoms with van der Waals surface area (Å²) in [4.78, 5) is 0. The van der Waals surface area contributed by atoms with Crippen molar-refractivity contribution in [2.24, 2.45) is 5.92 Å². The highest BCUT2D eigenvalue weighted by Crippen LogP contribution is 2.21. The molecule has 1 atom stereocenters. The van der Waals surface area contributed by atoms with Crippen molar-refractivity contribution in [3.63, 3.8) is 0 Å². The lowest BCUT2D eigenvalue weighted by Crippen LogP contribution is -2.15. The van der Waals surface area contributed by atoms with Crippen molar-refractivity contribution < 1.29 is 0 Å². The SMILES string of the molecule is Cc1cc(I)ccc1NCC1CC=CCC1. The van der Waals surface area contributed by atoms with Crippen LogP contribution in [0.25, 0.3) is 0 Å². The molecule has 0 radical (unpaired) electrons. The van der Waals surface area contributed by atoms with Crippen molar-refractivity contribution in [3.05, 3.63) is 39.5 Å². The molecule has 1 N–H and O–H groups in total. The monoisotopic (exact) mass is 327 g/mol. The average molecular weight is 327 g/mol. The van der Waals surface area contributed by atoms with Crippen LogP contribution in [0.2, 0.25) is 0 Å². The third-order valence-electron chi connectivity index (χ3n) is 3.15. The van der Waals surface area contributed by atoms with Crippen LogP contribution in [0.15, 0.2) is 30.4 Å². The summed E-state index contributed by atoms with van der Waals surface area (Å²) in [6.45, 7) is 3.27. The predicted molar refractivity (Wildman–Crippen MR) is 78.9 cm³/mol. The Labute approximate surface area is 111 Å². The zero-order valence-corrected chi connectivity index (χ0v) is 11.8. The fourth-order valence-corrected chi connectivity index (χ4v) is 2.77. The first-order valence-corrected chi connectivity index (χ1v) is 6.98. The first-order valence-electron chi connectivity index (χ1n) is 5.91. The largest absolute Gasteiger partial charge is 0.385 e. The third kappa shape index (κ3) is 3.24. The van der Waals surface area contributed by atoms with E-state index >= 15 is 0 Å². The van der Waals surface area contributed by atoms with E-state index in [1.165, 1.54) is 34.1 Å². The molecule has 1 nitrogen and oxygen atoms in total. The topological polar surface area (TPSA) is 12.0 Å². The van der Waals surface area contributed by atoms with Gasteiger partial charge < -0.3 is 5.32 Å². The third-order valence-corrected chi connectivity index (χ3v) is 3.82. The lowest BCUT2D eigenvalue weighted by Gasteiger charge is -2.19. The highest BCUT2D eigenvalue weighted by atomic mass is 127. The molecule has 1 aromatic carbocycles. The first-order chi connectivity index (χ1) is 7.75. The second-order valence-corrected chi connectivity index (χ2v) is 5.74. The van der Waals surface area contributed by atoms with Crippen LogP contribution < -0.4 is 5.32 Å². The maximum Gasteiger partial charge on any atom is 0.0370 e. The molecule has 2 heteroatoms. The Morgan fingerprint density at radius 3 is 2.94 bits per heavy atom. The summed E-state index contributed by atoms with van der Waals surface area (Å²) in [5, 5.41) is 3.57. The minimum atomic E-state index is 0.809. The van der Waals surface area contributed by atoms with Gasteiger partial charge in [0.2, 0.25) is 0 Å². The van der Waals surface area contributed by atoms with Crippen LogP contribution in [0.3, 0.4) is 0 Å². The van der Waals surface area contributed by atoms with Gasteiger partial charge in [-0.2, -0.15) is 0 Å². The van der Waals surface area contributed by atoms with E-state index in [0.29, 0.717) is 0 Å². The molecular formula is C14H18IN. The van der Waals surface area contributed by atoms with Gasteiger partial charge in [-0.05, 0) is 78.5 Å². The number of nitrogens with one attached hydrogen (secondary N) is 1. The molecule has 2 rings (SSSR count). The van der Waals surface area contributed by atoms with Crippen LogP contribution in [0.4, 0.5) is 5.69 Å². The van der Waals surface area contributed by atoms with Crippen LogP contribution in [-0.2, 0) is 0 Å². The van der Waals surface area contributed by atoms with E-state index < -0.39 is 0 Å². The minimum Gasteiger partial charge on any atom is -0.385 e. The molecule has 0 spiro atoms. The fraction of sp³-hybridized carbons (Fsp3) is 0.429. The quantitative estimate of drug-likeness (QED) is 0.642. The molecule has 0 aliphatic heterocycles. The molecule has 0 saturated heterocycles. The number of aryl methyl sites for hydroxylation is 1. The Balaban J connectivity index is 1.91. The van der Waals surface area contributed by atoms with Crippen LogP contribution in [-0.4, -0.2) is 6.54 Å². The maximum absolute atomic E-state index is 3.57. The van der Waals surface area contributed by atoms with Crippen LogP contribution in [0.1, 0.15) is 24.8 Å². The van der Waals surface area contributed by atoms with Gasteiger partial charge >= 0.3 is 0 Å². The van der Waals surface area contributed by atoms with Crippen molar-refractivity contribution in [1.82, 2.24) is 0 Å². The smallest absolute Gasteiger partial charge is 0.0370 e. The lowest BCUT2D eigenvalue weighted by molar-refractivity contribution is 0.504. The average Bonchev–Trinajstić information content (AvgIpc) is 2.29. The molecule has 16 heavy (non-hydrogen) atoms. The van der Waals surface area contributed by atoms with Gasteiger partial charge in [0.1, 0.15) is 0 Å². The Bertz CT molecular complexity index is 384. The molecule has 1 aliphatic rings. The predicted octanol–water partition coefficient (Wildman–Crippen LogP) is 4.37. The van der Waals surface area contributed by atoms with Gasteiger partial charge in [0.15, 0.2) is 0 Å². The van der Waals surface area contributed by atoms with Gasteiger partial charge in [-0.15, -0.1) is 0 Å². The highest BCUT2D eigenvalue weighted by Gasteiger charge is 2.09. The number of allylic oxidation sites excluding steroid dienone is 2. The molecule has 0 saturated carbocycles. The standard InChI is InChI=1S/C14H18IN/c1-11-9-13(15)7-8-14(11)16-10-12-5-3-2-4-6-12/h2-3,7-9,12,16H,4-6,10H2,1H3. The van der Waals surface area contributed by atoms with Crippen LogP contribution in [0, 0.1) is 16.4 Å². The van der Waals surface area contributed by atoms with Gasteiger partial charge in [-0.3, -0.25) is 0 Å². The minimum absolute atomic E-state index is 0.809. The summed E-state index contributed by atoms with van der Waals surface area (Å²) in [6.07, 6.45) is 8.42. The van der Waals surface area contributed by atoms with E-state index in [2.05, 4.69) is 65.2 Å². The molecule has 86 valence electrons. The normalized spacial score (nSPS) is 19.8. The fourth-order valence-electron chi connectivity index (χ4n) is 2.12. The van der Waals surface area contributed by atoms with E-state index in [9.17, 15) is 0 Å². The summed E-state index contributed by atoms with van der Waals surface area (Å²) in [7, 11) is 0. The van der Waals surface area contributed by atoms with Gasteiger partial charge in [-0.25, -0.2) is 0 Å². The van der Waals surface area contributed by atoms with Gasteiger partial charge in [0, 0.05) is 15.8 Å². The summed E-state index contributed by atoms with van der Waals surface area (Å²) >= 11 is 2.36.